The molecular weight excluding hydrogens is 220 g/mol. The molecule has 0 aromatic carbocycles. The van der Waals surface area contributed by atoms with Crippen LogP contribution in [-0.2, 0) is 0 Å². The summed E-state index contributed by atoms with van der Waals surface area (Å²) in [5.41, 5.74) is 0.662. The first-order valence-electron chi connectivity index (χ1n) is 6.26. The molecule has 0 nitrogen and oxygen atoms in total. The molecule has 4 saturated carbocycles. The van der Waals surface area contributed by atoms with Gasteiger partial charge in [0.1, 0.15) is 0 Å². The molecule has 4 aliphatic rings. The van der Waals surface area contributed by atoms with Gasteiger partial charge in [0.05, 0.1) is 0 Å². The predicted molar refractivity (Wildman–Crippen MR) is 71.3 cm³/mol. The summed E-state index contributed by atoms with van der Waals surface area (Å²) in [6.07, 6.45) is 12.5. The molecule has 0 aromatic rings. The van der Waals surface area contributed by atoms with Crippen LogP contribution in [0.4, 0.5) is 0 Å². The molecule has 4 bridgehead atoms. The average Bonchev–Trinajstić information content (AvgIpc) is 2.14. The van der Waals surface area contributed by atoms with E-state index in [0.717, 1.165) is 17.8 Å². The lowest BCUT2D eigenvalue weighted by Crippen LogP contribution is -2.46. The first-order chi connectivity index (χ1) is 7.19. The van der Waals surface area contributed by atoms with E-state index in [-0.39, 0.29) is 0 Å². The summed E-state index contributed by atoms with van der Waals surface area (Å²) in [5, 5.41) is 0. The normalized spacial score (nSPS) is 47.1. The standard InChI is InChI=1S/C13H20S2/c1-15-12(14)8-13-5-9-2-10(6-13)4-11(3-9)7-13/h9-11H,2-8H2,1H3. The Morgan fingerprint density at radius 2 is 1.60 bits per heavy atom. The maximum Gasteiger partial charge on any atom is 0.0481 e. The Morgan fingerprint density at radius 3 is 2.00 bits per heavy atom. The third-order valence-electron chi connectivity index (χ3n) is 4.91. The molecule has 0 N–H and O–H groups in total. The van der Waals surface area contributed by atoms with E-state index in [1.807, 2.05) is 0 Å². The molecule has 0 aliphatic heterocycles. The van der Waals surface area contributed by atoms with Crippen molar-refractivity contribution >= 4 is 28.2 Å². The molecule has 0 atom stereocenters. The van der Waals surface area contributed by atoms with Gasteiger partial charge in [0, 0.05) is 4.20 Å². The summed E-state index contributed by atoms with van der Waals surface area (Å²) in [4.78, 5) is 0. The van der Waals surface area contributed by atoms with Crippen molar-refractivity contribution in [2.45, 2.75) is 44.9 Å². The highest BCUT2D eigenvalue weighted by Crippen LogP contribution is 2.61. The molecule has 4 rings (SSSR count). The highest BCUT2D eigenvalue weighted by molar-refractivity contribution is 8.22. The second kappa shape index (κ2) is 3.73. The minimum Gasteiger partial charge on any atom is -0.122 e. The van der Waals surface area contributed by atoms with Crippen molar-refractivity contribution in [1.82, 2.24) is 0 Å². The minimum absolute atomic E-state index is 0.662. The van der Waals surface area contributed by atoms with Gasteiger partial charge in [-0.2, -0.15) is 0 Å². The molecule has 15 heavy (non-hydrogen) atoms. The van der Waals surface area contributed by atoms with E-state index in [4.69, 9.17) is 12.2 Å². The van der Waals surface area contributed by atoms with E-state index < -0.39 is 0 Å². The maximum atomic E-state index is 5.45. The molecule has 0 unspecified atom stereocenters. The number of rotatable bonds is 2. The Balaban J connectivity index is 1.78. The molecule has 4 fully saturated rings. The summed E-state index contributed by atoms with van der Waals surface area (Å²) in [6.45, 7) is 0. The van der Waals surface area contributed by atoms with Gasteiger partial charge in [-0.1, -0.05) is 12.2 Å². The lowest BCUT2D eigenvalue weighted by atomic mass is 9.49. The Hall–Kier alpha value is 0.440. The molecule has 0 saturated heterocycles. The van der Waals surface area contributed by atoms with Crippen LogP contribution in [0.2, 0.25) is 0 Å². The third-order valence-corrected chi connectivity index (χ3v) is 6.16. The Bertz CT molecular complexity index is 247. The van der Waals surface area contributed by atoms with Gasteiger partial charge in [-0.05, 0) is 74.4 Å². The SMILES string of the molecule is CSC(=S)CC12CC3CC(CC(C3)C1)C2. The Labute approximate surface area is 103 Å². The number of thiocarbonyl (C=S) groups is 1. The zero-order valence-corrected chi connectivity index (χ0v) is 11.1. The van der Waals surface area contributed by atoms with Crippen molar-refractivity contribution in [1.29, 1.82) is 0 Å². The Kier molecular flexibility index (Phi) is 2.63. The van der Waals surface area contributed by atoms with Gasteiger partial charge in [0.25, 0.3) is 0 Å². The second-order valence-electron chi connectivity index (χ2n) is 6.17. The summed E-state index contributed by atoms with van der Waals surface area (Å²) in [6, 6.07) is 0. The molecule has 0 radical (unpaired) electrons. The fourth-order valence-corrected chi connectivity index (χ4v) is 5.64. The van der Waals surface area contributed by atoms with Crippen molar-refractivity contribution < 1.29 is 0 Å². The molecule has 84 valence electrons. The highest BCUT2D eigenvalue weighted by atomic mass is 32.2. The van der Waals surface area contributed by atoms with E-state index in [1.54, 1.807) is 31.0 Å². The van der Waals surface area contributed by atoms with Crippen molar-refractivity contribution in [2.24, 2.45) is 23.2 Å². The quantitative estimate of drug-likeness (QED) is 0.661. The van der Waals surface area contributed by atoms with Crippen molar-refractivity contribution in [2.75, 3.05) is 6.26 Å². The van der Waals surface area contributed by atoms with Crippen LogP contribution in [0, 0.1) is 23.2 Å². The molecule has 0 heterocycles. The fourth-order valence-electron chi connectivity index (χ4n) is 4.88. The maximum absolute atomic E-state index is 5.45. The predicted octanol–water partition coefficient (Wildman–Crippen LogP) is 4.28. The van der Waals surface area contributed by atoms with Gasteiger partial charge in [-0.3, -0.25) is 0 Å². The van der Waals surface area contributed by atoms with Crippen molar-refractivity contribution in [3.8, 4) is 0 Å². The van der Waals surface area contributed by atoms with Crippen LogP contribution >= 0.6 is 24.0 Å². The summed E-state index contributed by atoms with van der Waals surface area (Å²) >= 11 is 7.26. The lowest BCUT2D eigenvalue weighted by Gasteiger charge is -2.57. The van der Waals surface area contributed by atoms with Gasteiger partial charge < -0.3 is 0 Å². The van der Waals surface area contributed by atoms with E-state index >= 15 is 0 Å². The van der Waals surface area contributed by atoms with Crippen molar-refractivity contribution in [3.63, 3.8) is 0 Å². The summed E-state index contributed by atoms with van der Waals surface area (Å²) < 4.78 is 1.26. The number of hydrogen-bond acceptors (Lipinski definition) is 2. The monoisotopic (exact) mass is 240 g/mol. The van der Waals surface area contributed by atoms with E-state index in [9.17, 15) is 0 Å². The topological polar surface area (TPSA) is 0 Å². The lowest BCUT2D eigenvalue weighted by molar-refractivity contribution is -0.0475. The largest absolute Gasteiger partial charge is 0.122 e. The minimum atomic E-state index is 0.662. The molecule has 0 spiro atoms. The van der Waals surface area contributed by atoms with Gasteiger partial charge in [0.2, 0.25) is 0 Å². The van der Waals surface area contributed by atoms with Crippen LogP contribution in [0.5, 0.6) is 0 Å². The van der Waals surface area contributed by atoms with E-state index in [1.165, 1.54) is 29.9 Å². The molecule has 0 aromatic heterocycles. The summed E-state index contributed by atoms with van der Waals surface area (Å²) in [5.74, 6) is 3.21. The highest BCUT2D eigenvalue weighted by Gasteiger charge is 2.50. The first kappa shape index (κ1) is 10.6. The molecule has 4 aliphatic carbocycles. The molecular formula is C13H20S2. The third kappa shape index (κ3) is 1.88. The molecule has 2 heteroatoms. The van der Waals surface area contributed by atoms with Crippen molar-refractivity contribution in [3.05, 3.63) is 0 Å². The van der Waals surface area contributed by atoms with Crippen LogP contribution in [0.25, 0.3) is 0 Å². The molecule has 0 amide bonds. The van der Waals surface area contributed by atoms with Crippen LogP contribution in [0.1, 0.15) is 44.9 Å². The van der Waals surface area contributed by atoms with E-state index in [0.29, 0.717) is 5.41 Å². The second-order valence-corrected chi connectivity index (χ2v) is 7.82. The zero-order valence-electron chi connectivity index (χ0n) is 9.50. The fraction of sp³-hybridized carbons (Fsp3) is 0.923. The van der Waals surface area contributed by atoms with Gasteiger partial charge in [-0.25, -0.2) is 0 Å². The Morgan fingerprint density at radius 1 is 1.13 bits per heavy atom. The van der Waals surface area contributed by atoms with Crippen LogP contribution in [0.15, 0.2) is 0 Å². The first-order valence-corrected chi connectivity index (χ1v) is 7.89. The van der Waals surface area contributed by atoms with Gasteiger partial charge in [-0.15, -0.1) is 11.8 Å². The van der Waals surface area contributed by atoms with Crippen LogP contribution < -0.4 is 0 Å². The van der Waals surface area contributed by atoms with Gasteiger partial charge in [0.15, 0.2) is 0 Å². The zero-order chi connectivity index (χ0) is 10.5. The van der Waals surface area contributed by atoms with Crippen LogP contribution in [0.3, 0.4) is 0 Å². The van der Waals surface area contributed by atoms with Crippen LogP contribution in [-0.4, -0.2) is 10.5 Å². The smallest absolute Gasteiger partial charge is 0.0481 e. The average molecular weight is 240 g/mol. The number of hydrogen-bond donors (Lipinski definition) is 0. The number of thioether (sulfide) groups is 1. The summed E-state index contributed by atoms with van der Waals surface area (Å²) in [7, 11) is 0. The van der Waals surface area contributed by atoms with E-state index in [2.05, 4.69) is 6.26 Å². The van der Waals surface area contributed by atoms with Gasteiger partial charge >= 0.3 is 0 Å².